The van der Waals surface area contributed by atoms with E-state index in [2.05, 4.69) is 5.32 Å². The highest BCUT2D eigenvalue weighted by atomic mass is 16.6. The van der Waals surface area contributed by atoms with Crippen molar-refractivity contribution in [2.75, 3.05) is 13.1 Å². The monoisotopic (exact) mass is 455 g/mol. The number of nitrogens with one attached hydrogen (secondary N) is 1. The van der Waals surface area contributed by atoms with Crippen molar-refractivity contribution in [3.05, 3.63) is 34.9 Å². The van der Waals surface area contributed by atoms with Gasteiger partial charge in [0.1, 0.15) is 11.6 Å². The number of fused-ring (bicyclic) bond motifs is 1. The molecule has 0 aliphatic carbocycles. The molecule has 0 bridgehead atoms. The molecule has 1 N–H and O–H groups in total. The first kappa shape index (κ1) is 22.9. The summed E-state index contributed by atoms with van der Waals surface area (Å²) >= 11 is 0. The van der Waals surface area contributed by atoms with Gasteiger partial charge >= 0.3 is 6.09 Å². The van der Waals surface area contributed by atoms with Crippen molar-refractivity contribution in [1.29, 1.82) is 0 Å². The molecule has 0 radical (unpaired) electrons. The van der Waals surface area contributed by atoms with E-state index in [-0.39, 0.29) is 24.5 Å². The van der Waals surface area contributed by atoms with E-state index in [9.17, 15) is 24.0 Å². The molecule has 3 heterocycles. The van der Waals surface area contributed by atoms with Crippen LogP contribution in [0.5, 0.6) is 0 Å². The van der Waals surface area contributed by atoms with Crippen molar-refractivity contribution in [2.24, 2.45) is 5.92 Å². The van der Waals surface area contributed by atoms with Gasteiger partial charge in [0.15, 0.2) is 0 Å². The first-order valence-corrected chi connectivity index (χ1v) is 11.4. The molecule has 5 amide bonds. The number of hydrogen-bond acceptors (Lipinski definition) is 6. The number of ether oxygens (including phenoxy) is 1. The summed E-state index contributed by atoms with van der Waals surface area (Å²) in [5, 5.41) is 2.20. The van der Waals surface area contributed by atoms with E-state index in [0.29, 0.717) is 24.6 Å². The number of piperidine rings is 2. The Bertz CT molecular complexity index is 1020. The lowest BCUT2D eigenvalue weighted by atomic mass is 9.89. The number of carbonyl (C=O) groups excluding carboxylic acids is 5. The molecule has 33 heavy (non-hydrogen) atoms. The van der Waals surface area contributed by atoms with Crippen LogP contribution in [-0.4, -0.2) is 64.3 Å². The number of imide groups is 2. The predicted octanol–water partition coefficient (Wildman–Crippen LogP) is 2.28. The Morgan fingerprint density at radius 3 is 2.33 bits per heavy atom. The average Bonchev–Trinajstić information content (AvgIpc) is 2.97. The Labute approximate surface area is 192 Å². The number of likely N-dealkylation sites (tertiary alicyclic amines) is 1. The lowest BCUT2D eigenvalue weighted by molar-refractivity contribution is -0.136. The summed E-state index contributed by atoms with van der Waals surface area (Å²) in [6.07, 6.45) is 2.32. The summed E-state index contributed by atoms with van der Waals surface area (Å²) in [4.78, 5) is 64.4. The van der Waals surface area contributed by atoms with E-state index in [0.717, 1.165) is 29.7 Å². The molecule has 0 aromatic heterocycles. The molecule has 1 aromatic rings. The van der Waals surface area contributed by atoms with Crippen LogP contribution in [0.2, 0.25) is 0 Å². The Hall–Kier alpha value is -3.23. The van der Waals surface area contributed by atoms with E-state index in [1.807, 2.05) is 26.8 Å². The maximum Gasteiger partial charge on any atom is 0.410 e. The molecular formula is C24H29N3O6. The Balaban J connectivity index is 1.39. The third-order valence-corrected chi connectivity index (χ3v) is 6.29. The van der Waals surface area contributed by atoms with Gasteiger partial charge in [-0.1, -0.05) is 6.07 Å². The minimum absolute atomic E-state index is 0.0943. The van der Waals surface area contributed by atoms with E-state index in [1.54, 1.807) is 17.0 Å². The normalized spacial score (nSPS) is 21.8. The van der Waals surface area contributed by atoms with Gasteiger partial charge in [-0.25, -0.2) is 4.79 Å². The highest BCUT2D eigenvalue weighted by Crippen LogP contribution is 2.30. The molecule has 3 aliphatic rings. The molecule has 0 spiro atoms. The van der Waals surface area contributed by atoms with Crippen LogP contribution in [0, 0.1) is 5.92 Å². The molecule has 9 nitrogen and oxygen atoms in total. The topological polar surface area (TPSA) is 113 Å². The van der Waals surface area contributed by atoms with Crippen LogP contribution in [0.3, 0.4) is 0 Å². The highest BCUT2D eigenvalue weighted by Gasteiger charge is 2.44. The van der Waals surface area contributed by atoms with Gasteiger partial charge in [0.05, 0.1) is 11.1 Å². The number of amides is 5. The van der Waals surface area contributed by atoms with E-state index in [4.69, 9.17) is 4.74 Å². The third kappa shape index (κ3) is 4.77. The van der Waals surface area contributed by atoms with Crippen molar-refractivity contribution in [3.8, 4) is 0 Å². The Morgan fingerprint density at radius 2 is 1.70 bits per heavy atom. The number of nitrogens with zero attached hydrogens (tertiary/aromatic N) is 2. The zero-order valence-corrected chi connectivity index (χ0v) is 19.2. The van der Waals surface area contributed by atoms with Gasteiger partial charge in [-0.2, -0.15) is 0 Å². The van der Waals surface area contributed by atoms with Gasteiger partial charge in [-0.3, -0.25) is 29.4 Å². The summed E-state index contributed by atoms with van der Waals surface area (Å²) in [7, 11) is 0. The van der Waals surface area contributed by atoms with Crippen molar-refractivity contribution in [2.45, 2.75) is 64.5 Å². The first-order chi connectivity index (χ1) is 15.5. The van der Waals surface area contributed by atoms with Crippen molar-refractivity contribution >= 4 is 29.7 Å². The quantitative estimate of drug-likeness (QED) is 0.700. The largest absolute Gasteiger partial charge is 0.444 e. The average molecular weight is 456 g/mol. The second kappa shape index (κ2) is 8.61. The van der Waals surface area contributed by atoms with Gasteiger partial charge in [-0.05, 0) is 70.1 Å². The van der Waals surface area contributed by atoms with Crippen LogP contribution in [0.1, 0.15) is 72.7 Å². The second-order valence-corrected chi connectivity index (χ2v) is 9.94. The maximum absolute atomic E-state index is 13.0. The fourth-order valence-corrected chi connectivity index (χ4v) is 4.62. The fourth-order valence-electron chi connectivity index (χ4n) is 4.62. The fraction of sp³-hybridized carbons (Fsp3) is 0.542. The van der Waals surface area contributed by atoms with E-state index >= 15 is 0 Å². The molecule has 4 rings (SSSR count). The molecule has 1 aromatic carbocycles. The van der Waals surface area contributed by atoms with Crippen molar-refractivity contribution in [1.82, 2.24) is 15.1 Å². The van der Waals surface area contributed by atoms with Gasteiger partial charge in [0.25, 0.3) is 11.8 Å². The molecule has 2 saturated heterocycles. The van der Waals surface area contributed by atoms with Crippen LogP contribution in [0.15, 0.2) is 18.2 Å². The van der Waals surface area contributed by atoms with Crippen LogP contribution in [0.25, 0.3) is 0 Å². The number of rotatable bonds is 3. The summed E-state index contributed by atoms with van der Waals surface area (Å²) in [6, 6.07) is 4.27. The van der Waals surface area contributed by atoms with Crippen LogP contribution >= 0.6 is 0 Å². The smallest absolute Gasteiger partial charge is 0.410 e. The van der Waals surface area contributed by atoms with E-state index < -0.39 is 35.3 Å². The number of hydrogen-bond donors (Lipinski definition) is 1. The summed E-state index contributed by atoms with van der Waals surface area (Å²) < 4.78 is 5.44. The molecule has 9 heteroatoms. The predicted molar refractivity (Wildman–Crippen MR) is 117 cm³/mol. The van der Waals surface area contributed by atoms with Crippen molar-refractivity contribution < 1.29 is 28.7 Å². The van der Waals surface area contributed by atoms with Crippen LogP contribution in [0.4, 0.5) is 4.79 Å². The standard InChI is InChI=1S/C24H29N3O6/c1-24(2,3)33-23(32)26-10-8-14(9-11-26)12-15-4-5-16-17(13-15)22(31)27(21(16)30)18-6-7-19(28)25-20(18)29/h4-5,13-14,18H,6-12H2,1-3H3,(H,25,28,29). The lowest BCUT2D eigenvalue weighted by Crippen LogP contribution is -2.54. The third-order valence-electron chi connectivity index (χ3n) is 6.29. The Kier molecular flexibility index (Phi) is 5.99. The maximum atomic E-state index is 13.0. The molecule has 3 aliphatic heterocycles. The first-order valence-electron chi connectivity index (χ1n) is 11.4. The molecular weight excluding hydrogens is 426 g/mol. The summed E-state index contributed by atoms with van der Waals surface area (Å²) in [5.41, 5.74) is 1.00. The van der Waals surface area contributed by atoms with Gasteiger partial charge < -0.3 is 9.64 Å². The SMILES string of the molecule is CC(C)(C)OC(=O)N1CCC(Cc2ccc3c(c2)C(=O)N(C2CCC(=O)NC2=O)C3=O)CC1. The molecule has 1 atom stereocenters. The van der Waals surface area contributed by atoms with Gasteiger partial charge in [0.2, 0.25) is 11.8 Å². The van der Waals surface area contributed by atoms with Gasteiger partial charge in [-0.15, -0.1) is 0 Å². The zero-order chi connectivity index (χ0) is 23.9. The summed E-state index contributed by atoms with van der Waals surface area (Å²) in [5.74, 6) is -1.65. The molecule has 2 fully saturated rings. The Morgan fingerprint density at radius 1 is 1.03 bits per heavy atom. The van der Waals surface area contributed by atoms with Gasteiger partial charge in [0, 0.05) is 19.5 Å². The van der Waals surface area contributed by atoms with Crippen LogP contribution < -0.4 is 5.32 Å². The summed E-state index contributed by atoms with van der Waals surface area (Å²) in [6.45, 7) is 6.77. The molecule has 1 unspecified atom stereocenters. The van der Waals surface area contributed by atoms with E-state index in [1.165, 1.54) is 0 Å². The zero-order valence-electron chi connectivity index (χ0n) is 19.2. The second-order valence-electron chi connectivity index (χ2n) is 9.94. The highest BCUT2D eigenvalue weighted by molar-refractivity contribution is 6.23. The minimum atomic E-state index is -0.962. The molecule has 176 valence electrons. The minimum Gasteiger partial charge on any atom is -0.444 e. The van der Waals surface area contributed by atoms with Crippen molar-refractivity contribution in [3.63, 3.8) is 0 Å². The molecule has 0 saturated carbocycles. The number of benzene rings is 1. The lowest BCUT2D eigenvalue weighted by Gasteiger charge is -2.33. The van der Waals surface area contributed by atoms with Crippen LogP contribution in [-0.2, 0) is 20.7 Å². The number of carbonyl (C=O) groups is 5.